The largest absolute Gasteiger partial charge is 0.368 e. The molecule has 0 atom stereocenters. The molecule has 1 saturated heterocycles. The van der Waals surface area contributed by atoms with E-state index in [0.29, 0.717) is 23.9 Å². The van der Waals surface area contributed by atoms with E-state index in [2.05, 4.69) is 35.8 Å². The molecule has 25 heavy (non-hydrogen) atoms. The minimum atomic E-state index is 0.241. The van der Waals surface area contributed by atoms with E-state index in [1.807, 2.05) is 25.1 Å². The van der Waals surface area contributed by atoms with Gasteiger partial charge in [-0.05, 0) is 12.1 Å². The summed E-state index contributed by atoms with van der Waals surface area (Å²) >= 11 is 0. The van der Waals surface area contributed by atoms with Gasteiger partial charge < -0.3 is 15.5 Å². The predicted molar refractivity (Wildman–Crippen MR) is 95.0 cm³/mol. The molecule has 2 aromatic rings. The van der Waals surface area contributed by atoms with Crippen molar-refractivity contribution < 1.29 is 0 Å². The molecule has 9 nitrogen and oxygen atoms in total. The Morgan fingerprint density at radius 2 is 1.96 bits per heavy atom. The second-order valence-corrected chi connectivity index (χ2v) is 6.08. The van der Waals surface area contributed by atoms with Crippen LogP contribution in [0.15, 0.2) is 18.3 Å². The van der Waals surface area contributed by atoms with Crippen molar-refractivity contribution in [3.63, 3.8) is 0 Å². The first-order chi connectivity index (χ1) is 12.0. The molecule has 0 amide bonds. The van der Waals surface area contributed by atoms with Gasteiger partial charge in [0.25, 0.3) is 0 Å². The number of anilines is 3. The number of rotatable bonds is 4. The smallest absolute Gasteiger partial charge is 0.229 e. The second kappa shape index (κ2) is 7.27. The summed E-state index contributed by atoms with van der Waals surface area (Å²) in [6, 6.07) is 5.69. The molecule has 0 saturated carbocycles. The van der Waals surface area contributed by atoms with E-state index >= 15 is 0 Å². The van der Waals surface area contributed by atoms with Gasteiger partial charge in [-0.3, -0.25) is 4.90 Å². The number of piperazine rings is 1. The van der Waals surface area contributed by atoms with E-state index in [0.717, 1.165) is 32.0 Å². The first kappa shape index (κ1) is 16.9. The van der Waals surface area contributed by atoms with E-state index < -0.39 is 0 Å². The van der Waals surface area contributed by atoms with Gasteiger partial charge in [0.15, 0.2) is 0 Å². The number of aromatic nitrogens is 4. The van der Waals surface area contributed by atoms with Crippen molar-refractivity contribution in [2.45, 2.75) is 6.54 Å². The zero-order valence-electron chi connectivity index (χ0n) is 14.4. The van der Waals surface area contributed by atoms with Gasteiger partial charge in [-0.15, -0.1) is 0 Å². The van der Waals surface area contributed by atoms with Gasteiger partial charge in [0, 0.05) is 46.5 Å². The number of nitrogens with two attached hydrogens (primary N) is 1. The number of hydrogen-bond acceptors (Lipinski definition) is 9. The third-order valence-electron chi connectivity index (χ3n) is 4.02. The van der Waals surface area contributed by atoms with E-state index in [1.54, 1.807) is 12.3 Å². The lowest BCUT2D eigenvalue weighted by molar-refractivity contribution is 0.243. The molecule has 9 heteroatoms. The fraction of sp³-hybridized carbons (Fsp3) is 0.438. The van der Waals surface area contributed by atoms with Crippen molar-refractivity contribution >= 4 is 17.7 Å². The van der Waals surface area contributed by atoms with Gasteiger partial charge in [0.1, 0.15) is 11.6 Å². The third-order valence-corrected chi connectivity index (χ3v) is 4.02. The molecule has 1 aliphatic rings. The van der Waals surface area contributed by atoms with Crippen LogP contribution < -0.4 is 15.5 Å². The van der Waals surface area contributed by atoms with Crippen molar-refractivity contribution in [2.24, 2.45) is 0 Å². The molecular formula is C16H21N9. The number of nitriles is 1. The molecule has 2 aromatic heterocycles. The molecule has 2 N–H and O–H groups in total. The highest BCUT2D eigenvalue weighted by Gasteiger charge is 2.20. The van der Waals surface area contributed by atoms with E-state index in [4.69, 9.17) is 11.0 Å². The van der Waals surface area contributed by atoms with Crippen LogP contribution in [0.1, 0.15) is 11.4 Å². The van der Waals surface area contributed by atoms with Crippen molar-refractivity contribution in [1.29, 1.82) is 5.26 Å². The Bertz CT molecular complexity index is 775. The standard InChI is InChI=1S/C16H21N9/c1-23(2)16-21-13(20-15(18)22-16)11-24-5-7-25(8-6-24)14-9-12(10-17)3-4-19-14/h3-4,9H,5-8,11H2,1-2H3,(H2,18,20,21,22). The van der Waals surface area contributed by atoms with Crippen molar-refractivity contribution in [1.82, 2.24) is 24.8 Å². The molecule has 1 aliphatic heterocycles. The Balaban J connectivity index is 1.62. The number of pyridine rings is 1. The van der Waals surface area contributed by atoms with Crippen LogP contribution >= 0.6 is 0 Å². The van der Waals surface area contributed by atoms with Gasteiger partial charge in [0.05, 0.1) is 18.2 Å². The summed E-state index contributed by atoms with van der Waals surface area (Å²) in [5.74, 6) is 2.33. The molecule has 130 valence electrons. The molecule has 3 heterocycles. The van der Waals surface area contributed by atoms with Gasteiger partial charge in [-0.25, -0.2) is 4.98 Å². The SMILES string of the molecule is CN(C)c1nc(N)nc(CN2CCN(c3cc(C#N)ccn3)CC2)n1. The summed E-state index contributed by atoms with van der Waals surface area (Å²) in [6.07, 6.45) is 1.68. The Morgan fingerprint density at radius 1 is 1.20 bits per heavy atom. The Morgan fingerprint density at radius 3 is 2.64 bits per heavy atom. The minimum absolute atomic E-state index is 0.241. The lowest BCUT2D eigenvalue weighted by Gasteiger charge is -2.35. The highest BCUT2D eigenvalue weighted by Crippen LogP contribution is 2.16. The monoisotopic (exact) mass is 339 g/mol. The topological polar surface area (TPSA) is 111 Å². The first-order valence-corrected chi connectivity index (χ1v) is 8.06. The summed E-state index contributed by atoms with van der Waals surface area (Å²) < 4.78 is 0. The van der Waals surface area contributed by atoms with Gasteiger partial charge in [0.2, 0.25) is 11.9 Å². The summed E-state index contributed by atoms with van der Waals surface area (Å²) in [6.45, 7) is 4.03. The molecule has 3 rings (SSSR count). The van der Waals surface area contributed by atoms with Gasteiger partial charge in [-0.1, -0.05) is 0 Å². The maximum Gasteiger partial charge on any atom is 0.229 e. The maximum atomic E-state index is 9.01. The number of nitrogen functional groups attached to an aromatic ring is 1. The summed E-state index contributed by atoms with van der Waals surface area (Å²) in [5, 5.41) is 9.01. The third kappa shape index (κ3) is 4.10. The van der Waals surface area contributed by atoms with Gasteiger partial charge in [-0.2, -0.15) is 20.2 Å². The highest BCUT2D eigenvalue weighted by molar-refractivity contribution is 5.45. The number of hydrogen-bond donors (Lipinski definition) is 1. The Labute approximate surface area is 146 Å². The fourth-order valence-corrected chi connectivity index (χ4v) is 2.69. The zero-order chi connectivity index (χ0) is 17.8. The van der Waals surface area contributed by atoms with Crippen LogP contribution in [0.25, 0.3) is 0 Å². The van der Waals surface area contributed by atoms with E-state index in [9.17, 15) is 0 Å². The molecule has 0 aliphatic carbocycles. The lowest BCUT2D eigenvalue weighted by atomic mass is 10.2. The molecule has 0 radical (unpaired) electrons. The number of nitrogens with zero attached hydrogens (tertiary/aromatic N) is 8. The fourth-order valence-electron chi connectivity index (χ4n) is 2.69. The second-order valence-electron chi connectivity index (χ2n) is 6.08. The van der Waals surface area contributed by atoms with Crippen LogP contribution in [0.3, 0.4) is 0 Å². The molecular weight excluding hydrogens is 318 g/mol. The van der Waals surface area contributed by atoms with Crippen LogP contribution in [0.4, 0.5) is 17.7 Å². The van der Waals surface area contributed by atoms with Crippen LogP contribution in [-0.2, 0) is 6.54 Å². The maximum absolute atomic E-state index is 9.01. The molecule has 1 fully saturated rings. The van der Waals surface area contributed by atoms with E-state index in [1.165, 1.54) is 0 Å². The minimum Gasteiger partial charge on any atom is -0.368 e. The quantitative estimate of drug-likeness (QED) is 0.829. The summed E-state index contributed by atoms with van der Waals surface area (Å²) in [4.78, 5) is 23.4. The van der Waals surface area contributed by atoms with Crippen molar-refractivity contribution in [2.75, 3.05) is 55.8 Å². The van der Waals surface area contributed by atoms with Crippen LogP contribution in [-0.4, -0.2) is 65.1 Å². The first-order valence-electron chi connectivity index (χ1n) is 8.06. The highest BCUT2D eigenvalue weighted by atomic mass is 15.3. The van der Waals surface area contributed by atoms with Gasteiger partial charge >= 0.3 is 0 Å². The Kier molecular flexibility index (Phi) is 4.90. The molecule has 0 spiro atoms. The predicted octanol–water partition coefficient (Wildman–Crippen LogP) is 0.109. The van der Waals surface area contributed by atoms with Crippen molar-refractivity contribution in [3.05, 3.63) is 29.7 Å². The average Bonchev–Trinajstić information content (AvgIpc) is 2.62. The Hall–Kier alpha value is -2.99. The lowest BCUT2D eigenvalue weighted by Crippen LogP contribution is -2.46. The van der Waals surface area contributed by atoms with Crippen LogP contribution in [0, 0.1) is 11.3 Å². The summed E-state index contributed by atoms with van der Waals surface area (Å²) in [5.41, 5.74) is 6.41. The van der Waals surface area contributed by atoms with Crippen LogP contribution in [0.2, 0.25) is 0 Å². The zero-order valence-corrected chi connectivity index (χ0v) is 14.4. The summed E-state index contributed by atoms with van der Waals surface area (Å²) in [7, 11) is 3.75. The molecule has 0 aromatic carbocycles. The molecule has 0 unspecified atom stereocenters. The van der Waals surface area contributed by atoms with Crippen LogP contribution in [0.5, 0.6) is 0 Å². The average molecular weight is 339 g/mol. The normalized spacial score (nSPS) is 15.0. The van der Waals surface area contributed by atoms with E-state index in [-0.39, 0.29) is 5.95 Å². The van der Waals surface area contributed by atoms with Crippen molar-refractivity contribution in [3.8, 4) is 6.07 Å². The molecule has 0 bridgehead atoms.